The molecule has 6 nitrogen and oxygen atoms in total. The Morgan fingerprint density at radius 3 is 2.62 bits per heavy atom. The number of para-hydroxylation sites is 1. The Bertz CT molecular complexity index is 808. The second-order valence-corrected chi connectivity index (χ2v) is 7.83. The van der Waals surface area contributed by atoms with Crippen LogP contribution in [0.3, 0.4) is 0 Å². The number of carboxylic acid groups (broad SMARTS) is 1. The van der Waals surface area contributed by atoms with Crippen LogP contribution in [0.25, 0.3) is 0 Å². The molecule has 138 valence electrons. The van der Waals surface area contributed by atoms with E-state index in [1.165, 1.54) is 11.6 Å². The van der Waals surface area contributed by atoms with Gasteiger partial charge in [0.15, 0.2) is 5.69 Å². The predicted octanol–water partition coefficient (Wildman–Crippen LogP) is 3.30. The van der Waals surface area contributed by atoms with Crippen LogP contribution in [0.2, 0.25) is 0 Å². The molecule has 3 rings (SSSR count). The summed E-state index contributed by atoms with van der Waals surface area (Å²) in [6.07, 6.45) is 0. The molecule has 0 spiro atoms. The molecule has 2 heterocycles. The van der Waals surface area contributed by atoms with E-state index in [1.807, 2.05) is 23.1 Å². The molecule has 0 radical (unpaired) electrons. The molecule has 1 saturated heterocycles. The lowest BCUT2D eigenvalue weighted by atomic mass is 9.86. The van der Waals surface area contributed by atoms with Crippen molar-refractivity contribution >= 4 is 11.9 Å². The summed E-state index contributed by atoms with van der Waals surface area (Å²) in [6.45, 7) is 10.5. The topological polar surface area (TPSA) is 75.5 Å². The Hall–Kier alpha value is -2.63. The van der Waals surface area contributed by atoms with E-state index >= 15 is 0 Å². The highest BCUT2D eigenvalue weighted by molar-refractivity contribution is 5.85. The summed E-state index contributed by atoms with van der Waals surface area (Å²) in [6, 6.07) is 9.63. The molecule has 1 aliphatic rings. The van der Waals surface area contributed by atoms with Gasteiger partial charge in [-0.2, -0.15) is 0 Å². The summed E-state index contributed by atoms with van der Waals surface area (Å²) >= 11 is 0. The molecule has 1 aromatic heterocycles. The summed E-state index contributed by atoms with van der Waals surface area (Å²) in [4.78, 5) is 21.6. The highest BCUT2D eigenvalue weighted by atomic mass is 16.5. The van der Waals surface area contributed by atoms with Crippen molar-refractivity contribution in [3.8, 4) is 5.75 Å². The number of aromatic carboxylic acids is 1. The minimum Gasteiger partial charge on any atom is -0.493 e. The zero-order chi connectivity index (χ0) is 18.9. The summed E-state index contributed by atoms with van der Waals surface area (Å²) in [5.74, 6) is 0.753. The van der Waals surface area contributed by atoms with Gasteiger partial charge in [-0.1, -0.05) is 39.0 Å². The van der Waals surface area contributed by atoms with Crippen LogP contribution in [0, 0.1) is 12.8 Å². The molecular formula is C20H25N3O3. The second kappa shape index (κ2) is 6.94. The molecule has 1 aliphatic heterocycles. The van der Waals surface area contributed by atoms with E-state index in [1.54, 1.807) is 6.92 Å². The van der Waals surface area contributed by atoms with Crippen LogP contribution in [0.15, 0.2) is 30.3 Å². The SMILES string of the molecule is Cc1cc(C(=O)O)nc(N2CC(COc3ccccc3C(C)(C)C)C2)n1. The lowest BCUT2D eigenvalue weighted by Gasteiger charge is -2.39. The molecule has 1 fully saturated rings. The Balaban J connectivity index is 1.60. The third-order valence-corrected chi connectivity index (χ3v) is 4.47. The molecule has 6 heteroatoms. The second-order valence-electron chi connectivity index (χ2n) is 7.83. The van der Waals surface area contributed by atoms with Gasteiger partial charge in [0.25, 0.3) is 0 Å². The number of aryl methyl sites for hydroxylation is 1. The van der Waals surface area contributed by atoms with Crippen molar-refractivity contribution in [1.82, 2.24) is 9.97 Å². The van der Waals surface area contributed by atoms with Gasteiger partial charge >= 0.3 is 5.97 Å². The van der Waals surface area contributed by atoms with E-state index in [0.29, 0.717) is 24.2 Å². The molecule has 0 unspecified atom stereocenters. The van der Waals surface area contributed by atoms with Crippen molar-refractivity contribution in [1.29, 1.82) is 0 Å². The van der Waals surface area contributed by atoms with Gasteiger partial charge in [-0.3, -0.25) is 0 Å². The number of hydrogen-bond acceptors (Lipinski definition) is 5. The largest absolute Gasteiger partial charge is 0.493 e. The predicted molar refractivity (Wildman–Crippen MR) is 100 cm³/mol. The standard InChI is InChI=1S/C20H25N3O3/c1-13-9-16(18(24)25)22-19(21-13)23-10-14(11-23)12-26-17-8-6-5-7-15(17)20(2,3)4/h5-9,14H,10-12H2,1-4H3,(H,24,25). The van der Waals surface area contributed by atoms with E-state index in [2.05, 4.69) is 36.8 Å². The fraction of sp³-hybridized carbons (Fsp3) is 0.450. The average molecular weight is 355 g/mol. The molecule has 2 aromatic rings. The van der Waals surface area contributed by atoms with Crippen LogP contribution in [0.5, 0.6) is 5.75 Å². The number of nitrogens with zero attached hydrogens (tertiary/aromatic N) is 3. The molecule has 1 N–H and O–H groups in total. The molecule has 0 bridgehead atoms. The lowest BCUT2D eigenvalue weighted by molar-refractivity contribution is 0.0690. The smallest absolute Gasteiger partial charge is 0.354 e. The van der Waals surface area contributed by atoms with E-state index in [4.69, 9.17) is 9.84 Å². The van der Waals surface area contributed by atoms with Gasteiger partial charge in [-0.15, -0.1) is 0 Å². The van der Waals surface area contributed by atoms with Crippen LogP contribution in [0.4, 0.5) is 5.95 Å². The van der Waals surface area contributed by atoms with Crippen LogP contribution in [0.1, 0.15) is 42.5 Å². The van der Waals surface area contributed by atoms with Gasteiger partial charge in [0.2, 0.25) is 5.95 Å². The molecule has 0 saturated carbocycles. The monoisotopic (exact) mass is 355 g/mol. The summed E-state index contributed by atoms with van der Waals surface area (Å²) in [5, 5.41) is 9.13. The molecule has 0 atom stereocenters. The number of carbonyl (C=O) groups is 1. The van der Waals surface area contributed by atoms with Gasteiger partial charge in [0.05, 0.1) is 6.61 Å². The van der Waals surface area contributed by atoms with Crippen LogP contribution < -0.4 is 9.64 Å². The Morgan fingerprint density at radius 1 is 1.27 bits per heavy atom. The third kappa shape index (κ3) is 3.95. The fourth-order valence-electron chi connectivity index (χ4n) is 3.06. The number of ether oxygens (including phenoxy) is 1. The molecular weight excluding hydrogens is 330 g/mol. The summed E-state index contributed by atoms with van der Waals surface area (Å²) in [7, 11) is 0. The zero-order valence-electron chi connectivity index (χ0n) is 15.7. The number of rotatable bonds is 5. The van der Waals surface area contributed by atoms with Crippen molar-refractivity contribution in [3.05, 3.63) is 47.3 Å². The van der Waals surface area contributed by atoms with Crippen molar-refractivity contribution < 1.29 is 14.6 Å². The number of hydrogen-bond donors (Lipinski definition) is 1. The number of anilines is 1. The molecule has 0 aliphatic carbocycles. The van der Waals surface area contributed by atoms with Gasteiger partial charge in [0.1, 0.15) is 5.75 Å². The maximum absolute atomic E-state index is 11.1. The van der Waals surface area contributed by atoms with Crippen molar-refractivity contribution in [2.24, 2.45) is 5.92 Å². The quantitative estimate of drug-likeness (QED) is 0.887. The first-order chi connectivity index (χ1) is 12.2. The molecule has 0 amide bonds. The minimum atomic E-state index is -1.03. The first-order valence-corrected chi connectivity index (χ1v) is 8.80. The summed E-state index contributed by atoms with van der Waals surface area (Å²) < 4.78 is 6.08. The maximum atomic E-state index is 11.1. The Morgan fingerprint density at radius 2 is 1.96 bits per heavy atom. The maximum Gasteiger partial charge on any atom is 0.354 e. The third-order valence-electron chi connectivity index (χ3n) is 4.47. The van der Waals surface area contributed by atoms with E-state index in [-0.39, 0.29) is 11.1 Å². The first kappa shape index (κ1) is 18.2. The van der Waals surface area contributed by atoms with Gasteiger partial charge < -0.3 is 14.7 Å². The van der Waals surface area contributed by atoms with Gasteiger partial charge in [0, 0.05) is 24.7 Å². The molecule has 1 aromatic carbocycles. The van der Waals surface area contributed by atoms with Gasteiger partial charge in [-0.25, -0.2) is 14.8 Å². The van der Waals surface area contributed by atoms with Crippen molar-refractivity contribution in [2.75, 3.05) is 24.6 Å². The van der Waals surface area contributed by atoms with Crippen molar-refractivity contribution in [3.63, 3.8) is 0 Å². The van der Waals surface area contributed by atoms with Crippen molar-refractivity contribution in [2.45, 2.75) is 33.1 Å². The Labute approximate surface area is 153 Å². The Kier molecular flexibility index (Phi) is 4.85. The lowest BCUT2D eigenvalue weighted by Crippen LogP contribution is -2.50. The van der Waals surface area contributed by atoms with Gasteiger partial charge in [-0.05, 0) is 30.0 Å². The van der Waals surface area contributed by atoms with E-state index in [0.717, 1.165) is 18.8 Å². The first-order valence-electron chi connectivity index (χ1n) is 8.80. The summed E-state index contributed by atoms with van der Waals surface area (Å²) in [5.41, 5.74) is 1.92. The van der Waals surface area contributed by atoms with E-state index < -0.39 is 5.97 Å². The van der Waals surface area contributed by atoms with E-state index in [9.17, 15) is 4.79 Å². The normalized spacial score (nSPS) is 14.8. The minimum absolute atomic E-state index is 0.0326. The highest BCUT2D eigenvalue weighted by Gasteiger charge is 2.30. The average Bonchev–Trinajstić information content (AvgIpc) is 2.52. The van der Waals surface area contributed by atoms with Crippen LogP contribution in [-0.4, -0.2) is 40.7 Å². The zero-order valence-corrected chi connectivity index (χ0v) is 15.7. The number of aromatic nitrogens is 2. The number of carboxylic acids is 1. The van der Waals surface area contributed by atoms with Crippen LogP contribution >= 0.6 is 0 Å². The highest BCUT2D eigenvalue weighted by Crippen LogP contribution is 2.32. The fourth-order valence-corrected chi connectivity index (χ4v) is 3.06. The van der Waals surface area contributed by atoms with Crippen LogP contribution in [-0.2, 0) is 5.41 Å². The number of benzene rings is 1. The molecule has 26 heavy (non-hydrogen) atoms.